The first-order chi connectivity index (χ1) is 10.2. The predicted octanol–water partition coefficient (Wildman–Crippen LogP) is 0.739. The minimum atomic E-state index is -0.282. The molecular formula is C15H20N4O2. The first kappa shape index (κ1) is 14.0. The Morgan fingerprint density at radius 2 is 2.33 bits per heavy atom. The molecule has 1 aromatic carbocycles. The lowest BCUT2D eigenvalue weighted by Gasteiger charge is -2.24. The summed E-state index contributed by atoms with van der Waals surface area (Å²) in [6.45, 7) is 3.73. The van der Waals surface area contributed by atoms with Crippen molar-refractivity contribution >= 4 is 16.9 Å². The fourth-order valence-electron chi connectivity index (χ4n) is 2.66. The van der Waals surface area contributed by atoms with Crippen molar-refractivity contribution in [3.63, 3.8) is 0 Å². The van der Waals surface area contributed by atoms with E-state index in [0.29, 0.717) is 19.8 Å². The highest BCUT2D eigenvalue weighted by atomic mass is 16.5. The van der Waals surface area contributed by atoms with Gasteiger partial charge in [-0.25, -0.2) is 4.98 Å². The van der Waals surface area contributed by atoms with E-state index in [0.717, 1.165) is 16.9 Å². The van der Waals surface area contributed by atoms with E-state index in [1.54, 1.807) is 0 Å². The number of hydrogen-bond acceptors (Lipinski definition) is 4. The van der Waals surface area contributed by atoms with Crippen LogP contribution in [-0.2, 0) is 16.6 Å². The molecule has 2 N–H and O–H groups in total. The summed E-state index contributed by atoms with van der Waals surface area (Å²) in [5.74, 6) is 0.801. The lowest BCUT2D eigenvalue weighted by Crippen LogP contribution is -2.51. The Hall–Kier alpha value is -1.92. The fraction of sp³-hybridized carbons (Fsp3) is 0.467. The minimum Gasteiger partial charge on any atom is -0.378 e. The summed E-state index contributed by atoms with van der Waals surface area (Å²) < 4.78 is 7.34. The Labute approximate surface area is 123 Å². The number of amides is 1. The number of carbonyl (C=O) groups is 1. The molecule has 6 nitrogen and oxygen atoms in total. The van der Waals surface area contributed by atoms with E-state index in [4.69, 9.17) is 4.74 Å². The van der Waals surface area contributed by atoms with Gasteiger partial charge >= 0.3 is 0 Å². The number of benzene rings is 1. The molecule has 6 heteroatoms. The maximum Gasteiger partial charge on any atom is 0.240 e. The molecule has 1 amide bonds. The largest absolute Gasteiger partial charge is 0.378 e. The average Bonchev–Trinajstić information content (AvgIpc) is 2.86. The van der Waals surface area contributed by atoms with Crippen molar-refractivity contribution in [2.75, 3.05) is 19.8 Å². The van der Waals surface area contributed by atoms with Crippen LogP contribution in [-0.4, -0.2) is 41.3 Å². The third-order valence-electron chi connectivity index (χ3n) is 3.81. The van der Waals surface area contributed by atoms with Gasteiger partial charge in [-0.15, -0.1) is 0 Å². The second-order valence-electron chi connectivity index (χ2n) is 5.33. The lowest BCUT2D eigenvalue weighted by molar-refractivity contribution is -0.126. The first-order valence-corrected chi connectivity index (χ1v) is 7.19. The van der Waals surface area contributed by atoms with E-state index >= 15 is 0 Å². The van der Waals surface area contributed by atoms with Crippen LogP contribution in [0.15, 0.2) is 24.3 Å². The smallest absolute Gasteiger partial charge is 0.240 e. The van der Waals surface area contributed by atoms with E-state index in [2.05, 4.69) is 15.6 Å². The monoisotopic (exact) mass is 288 g/mol. The van der Waals surface area contributed by atoms with Crippen molar-refractivity contribution in [3.05, 3.63) is 30.1 Å². The van der Waals surface area contributed by atoms with Gasteiger partial charge in [0.1, 0.15) is 11.9 Å². The van der Waals surface area contributed by atoms with Gasteiger partial charge in [0.05, 0.1) is 30.3 Å². The topological polar surface area (TPSA) is 68.2 Å². The maximum atomic E-state index is 12.2. The van der Waals surface area contributed by atoms with E-state index < -0.39 is 0 Å². The molecule has 1 saturated heterocycles. The third kappa shape index (κ3) is 2.77. The zero-order valence-electron chi connectivity index (χ0n) is 12.3. The second-order valence-corrected chi connectivity index (χ2v) is 5.33. The van der Waals surface area contributed by atoms with E-state index in [1.165, 1.54) is 0 Å². The zero-order chi connectivity index (χ0) is 14.8. The quantitative estimate of drug-likeness (QED) is 0.874. The number of carbonyl (C=O) groups excluding carboxylic acids is 1. The highest BCUT2D eigenvalue weighted by Gasteiger charge is 2.24. The van der Waals surface area contributed by atoms with E-state index in [9.17, 15) is 4.79 Å². The Bertz CT molecular complexity index is 646. The van der Waals surface area contributed by atoms with Crippen molar-refractivity contribution in [1.82, 2.24) is 20.2 Å². The highest BCUT2D eigenvalue weighted by molar-refractivity contribution is 5.82. The Morgan fingerprint density at radius 3 is 3.05 bits per heavy atom. The molecule has 0 radical (unpaired) electrons. The number of morpholine rings is 1. The summed E-state index contributed by atoms with van der Waals surface area (Å²) in [4.78, 5) is 16.8. The number of nitrogens with zero attached hydrogens (tertiary/aromatic N) is 2. The van der Waals surface area contributed by atoms with Gasteiger partial charge in [-0.05, 0) is 19.1 Å². The zero-order valence-corrected chi connectivity index (χ0v) is 12.3. The number of hydrogen-bond donors (Lipinski definition) is 2. The number of nitrogens with one attached hydrogen (secondary N) is 2. The molecule has 0 saturated carbocycles. The predicted molar refractivity (Wildman–Crippen MR) is 79.9 cm³/mol. The first-order valence-electron chi connectivity index (χ1n) is 7.19. The van der Waals surface area contributed by atoms with Crippen molar-refractivity contribution in [3.8, 4) is 0 Å². The molecular weight excluding hydrogens is 268 g/mol. The molecule has 112 valence electrons. The summed E-state index contributed by atoms with van der Waals surface area (Å²) in [5, 5.41) is 6.16. The summed E-state index contributed by atoms with van der Waals surface area (Å²) >= 11 is 0. The summed E-state index contributed by atoms with van der Waals surface area (Å²) in [7, 11) is 1.97. The fourth-order valence-corrected chi connectivity index (χ4v) is 2.66. The van der Waals surface area contributed by atoms with Crippen LogP contribution in [0.2, 0.25) is 0 Å². The van der Waals surface area contributed by atoms with Gasteiger partial charge in [-0.3, -0.25) is 4.79 Å². The van der Waals surface area contributed by atoms with Crippen LogP contribution in [0.1, 0.15) is 18.8 Å². The SMILES string of the molecule is C[C@@H](NC(=O)[C@@H]1COCCN1)c1nc2ccccc2n1C. The van der Waals surface area contributed by atoms with Crippen molar-refractivity contribution < 1.29 is 9.53 Å². The van der Waals surface area contributed by atoms with Crippen molar-refractivity contribution in [1.29, 1.82) is 0 Å². The Kier molecular flexibility index (Phi) is 3.90. The van der Waals surface area contributed by atoms with E-state index in [-0.39, 0.29) is 18.0 Å². The molecule has 0 bridgehead atoms. The second kappa shape index (κ2) is 5.83. The van der Waals surface area contributed by atoms with Gasteiger partial charge < -0.3 is 19.9 Å². The van der Waals surface area contributed by atoms with Crippen LogP contribution in [0, 0.1) is 0 Å². The number of aromatic nitrogens is 2. The number of aryl methyl sites for hydroxylation is 1. The number of para-hydroxylation sites is 2. The molecule has 1 fully saturated rings. The van der Waals surface area contributed by atoms with E-state index in [1.807, 2.05) is 42.8 Å². The number of fused-ring (bicyclic) bond motifs is 1. The standard InChI is InChI=1S/C15H20N4O2/c1-10(17-15(20)12-9-21-8-7-16-12)14-18-11-5-3-4-6-13(11)19(14)2/h3-6,10,12,16H,7-9H2,1-2H3,(H,17,20)/t10-,12+/m1/s1. The minimum absolute atomic E-state index is 0.0470. The van der Waals surface area contributed by atoms with Crippen molar-refractivity contribution in [2.45, 2.75) is 19.0 Å². The molecule has 1 aliphatic rings. The molecule has 2 heterocycles. The van der Waals surface area contributed by atoms with Gasteiger partial charge in [0.15, 0.2) is 0 Å². The molecule has 0 spiro atoms. The molecule has 0 unspecified atom stereocenters. The van der Waals surface area contributed by atoms with Crippen LogP contribution < -0.4 is 10.6 Å². The molecule has 2 atom stereocenters. The average molecular weight is 288 g/mol. The Balaban J connectivity index is 1.75. The van der Waals surface area contributed by atoms with Gasteiger partial charge in [0.2, 0.25) is 5.91 Å². The summed E-state index contributed by atoms with van der Waals surface area (Å²) in [5.41, 5.74) is 2.00. The highest BCUT2D eigenvalue weighted by Crippen LogP contribution is 2.19. The number of imidazole rings is 1. The lowest BCUT2D eigenvalue weighted by atomic mass is 10.2. The van der Waals surface area contributed by atoms with Gasteiger partial charge in [0, 0.05) is 13.6 Å². The van der Waals surface area contributed by atoms with Crippen molar-refractivity contribution in [2.24, 2.45) is 7.05 Å². The molecule has 3 rings (SSSR count). The summed E-state index contributed by atoms with van der Waals surface area (Å²) in [6, 6.07) is 7.52. The maximum absolute atomic E-state index is 12.2. The van der Waals surface area contributed by atoms with Gasteiger partial charge in [-0.2, -0.15) is 0 Å². The molecule has 21 heavy (non-hydrogen) atoms. The van der Waals surface area contributed by atoms with Crippen LogP contribution in [0.25, 0.3) is 11.0 Å². The molecule has 0 aliphatic carbocycles. The molecule has 1 aromatic heterocycles. The van der Waals surface area contributed by atoms with Gasteiger partial charge in [-0.1, -0.05) is 12.1 Å². The molecule has 2 aromatic rings. The van der Waals surface area contributed by atoms with Crippen LogP contribution in [0.3, 0.4) is 0 Å². The van der Waals surface area contributed by atoms with Crippen LogP contribution >= 0.6 is 0 Å². The normalized spacial score (nSPS) is 20.4. The number of ether oxygens (including phenoxy) is 1. The molecule has 1 aliphatic heterocycles. The number of rotatable bonds is 3. The van der Waals surface area contributed by atoms with Gasteiger partial charge in [0.25, 0.3) is 0 Å². The summed E-state index contributed by atoms with van der Waals surface area (Å²) in [6.07, 6.45) is 0. The Morgan fingerprint density at radius 1 is 1.52 bits per heavy atom. The third-order valence-corrected chi connectivity index (χ3v) is 3.81. The van der Waals surface area contributed by atoms with Crippen LogP contribution in [0.5, 0.6) is 0 Å². The van der Waals surface area contributed by atoms with Crippen LogP contribution in [0.4, 0.5) is 0 Å².